The predicted octanol–water partition coefficient (Wildman–Crippen LogP) is 2.13. The molecule has 0 aromatic rings. The Bertz CT molecular complexity index is 119. The fourth-order valence-electron chi connectivity index (χ4n) is 0.469. The van der Waals surface area contributed by atoms with Gasteiger partial charge >= 0.3 is 6.09 Å². The van der Waals surface area contributed by atoms with Crippen LogP contribution in [0.3, 0.4) is 0 Å². The molecule has 0 unspecified atom stereocenters. The van der Waals surface area contributed by atoms with Crippen molar-refractivity contribution in [3.8, 4) is 0 Å². The summed E-state index contributed by atoms with van der Waals surface area (Å²) in [5, 5.41) is 0. The highest BCUT2D eigenvalue weighted by Crippen LogP contribution is 2.03. The van der Waals surface area contributed by atoms with E-state index in [0.29, 0.717) is 6.61 Å². The van der Waals surface area contributed by atoms with Crippen LogP contribution in [0.25, 0.3) is 0 Å². The summed E-state index contributed by atoms with van der Waals surface area (Å²) in [5.74, 6) is 0. The van der Waals surface area contributed by atoms with E-state index in [9.17, 15) is 4.79 Å². The van der Waals surface area contributed by atoms with Crippen LogP contribution < -0.4 is 0 Å². The largest absolute Gasteiger partial charge is 0.449 e. The molecule has 66 valence electrons. The number of hydrogen-bond acceptors (Lipinski definition) is 3. The van der Waals surface area contributed by atoms with Gasteiger partial charge < -0.3 is 4.74 Å². The Balaban J connectivity index is 3.36. The summed E-state index contributed by atoms with van der Waals surface area (Å²) in [5.41, 5.74) is 0. The van der Waals surface area contributed by atoms with Crippen molar-refractivity contribution in [3.05, 3.63) is 0 Å². The van der Waals surface area contributed by atoms with Crippen LogP contribution >= 0.6 is 11.9 Å². The van der Waals surface area contributed by atoms with Gasteiger partial charge in [-0.2, -0.15) is 0 Å². The molecule has 0 aliphatic carbocycles. The van der Waals surface area contributed by atoms with Crippen LogP contribution in [0.15, 0.2) is 0 Å². The first-order valence-corrected chi connectivity index (χ1v) is 4.85. The summed E-state index contributed by atoms with van der Waals surface area (Å²) in [6.07, 6.45) is 3.57. The first kappa shape index (κ1) is 10.6. The number of carbonyl (C=O) groups excluding carboxylic acids is 1. The van der Waals surface area contributed by atoms with Crippen molar-refractivity contribution < 1.29 is 9.53 Å². The first-order valence-electron chi connectivity index (χ1n) is 3.67. The maximum absolute atomic E-state index is 10.9. The van der Waals surface area contributed by atoms with Crippen LogP contribution in [0.1, 0.15) is 19.8 Å². The van der Waals surface area contributed by atoms with Gasteiger partial charge in [0.15, 0.2) is 0 Å². The summed E-state index contributed by atoms with van der Waals surface area (Å²) in [7, 11) is 1.69. The average Bonchev–Trinajstić information content (AvgIpc) is 2.03. The van der Waals surface area contributed by atoms with Gasteiger partial charge in [-0.3, -0.25) is 4.31 Å². The first-order chi connectivity index (χ1) is 5.22. The number of unbranched alkanes of at least 4 members (excludes halogenated alkanes) is 1. The second kappa shape index (κ2) is 6.34. The molecule has 0 atom stereocenters. The molecule has 0 aromatic heterocycles. The zero-order valence-corrected chi connectivity index (χ0v) is 8.11. The lowest BCUT2D eigenvalue weighted by Gasteiger charge is -2.12. The topological polar surface area (TPSA) is 29.5 Å². The highest BCUT2D eigenvalue weighted by atomic mass is 32.2. The lowest BCUT2D eigenvalue weighted by molar-refractivity contribution is 0.131. The highest BCUT2D eigenvalue weighted by Gasteiger charge is 2.06. The van der Waals surface area contributed by atoms with E-state index in [2.05, 4.69) is 6.92 Å². The van der Waals surface area contributed by atoms with Crippen molar-refractivity contribution in [3.63, 3.8) is 0 Å². The number of hydrogen-bond donors (Lipinski definition) is 0. The Morgan fingerprint density at radius 1 is 1.64 bits per heavy atom. The van der Waals surface area contributed by atoms with E-state index in [0.717, 1.165) is 12.8 Å². The monoisotopic (exact) mass is 177 g/mol. The third-order valence-electron chi connectivity index (χ3n) is 1.25. The van der Waals surface area contributed by atoms with Gasteiger partial charge in [0.2, 0.25) is 0 Å². The van der Waals surface area contributed by atoms with Crippen molar-refractivity contribution in [2.45, 2.75) is 19.8 Å². The van der Waals surface area contributed by atoms with Gasteiger partial charge in [0.1, 0.15) is 0 Å². The zero-order valence-electron chi connectivity index (χ0n) is 7.29. The van der Waals surface area contributed by atoms with Crippen molar-refractivity contribution in [2.24, 2.45) is 0 Å². The minimum Gasteiger partial charge on any atom is -0.449 e. The minimum atomic E-state index is -0.258. The normalized spacial score (nSPS) is 9.36. The maximum Gasteiger partial charge on any atom is 0.419 e. The van der Waals surface area contributed by atoms with Gasteiger partial charge in [0, 0.05) is 13.3 Å². The lowest BCUT2D eigenvalue weighted by Crippen LogP contribution is -2.20. The molecule has 0 rings (SSSR count). The lowest BCUT2D eigenvalue weighted by atomic mass is 10.4. The molecular weight excluding hydrogens is 162 g/mol. The molecular formula is C7H15NO2S. The summed E-state index contributed by atoms with van der Waals surface area (Å²) in [6.45, 7) is 2.59. The van der Waals surface area contributed by atoms with Gasteiger partial charge in [-0.05, 0) is 18.4 Å². The van der Waals surface area contributed by atoms with E-state index in [4.69, 9.17) is 4.74 Å². The summed E-state index contributed by atoms with van der Waals surface area (Å²) >= 11 is 1.35. The molecule has 0 fully saturated rings. The maximum atomic E-state index is 10.9. The Hall–Kier alpha value is -0.380. The second-order valence-corrected chi connectivity index (χ2v) is 3.06. The van der Waals surface area contributed by atoms with Gasteiger partial charge in [0.25, 0.3) is 0 Å². The fraction of sp³-hybridized carbons (Fsp3) is 0.857. The number of amides is 1. The van der Waals surface area contributed by atoms with Gasteiger partial charge in [-0.1, -0.05) is 13.3 Å². The SMILES string of the molecule is CCCCOC(=O)N(C)SC. The van der Waals surface area contributed by atoms with Crippen molar-refractivity contribution >= 4 is 18.0 Å². The summed E-state index contributed by atoms with van der Waals surface area (Å²) < 4.78 is 6.37. The average molecular weight is 177 g/mol. The van der Waals surface area contributed by atoms with Gasteiger partial charge in [-0.25, -0.2) is 4.79 Å². The van der Waals surface area contributed by atoms with Gasteiger partial charge in [0.05, 0.1) is 6.61 Å². The van der Waals surface area contributed by atoms with Crippen molar-refractivity contribution in [1.29, 1.82) is 0 Å². The van der Waals surface area contributed by atoms with Crippen LogP contribution in [-0.4, -0.2) is 30.3 Å². The molecule has 0 aromatic carbocycles. The molecule has 0 saturated carbocycles. The molecule has 0 saturated heterocycles. The third-order valence-corrected chi connectivity index (χ3v) is 1.95. The minimum absolute atomic E-state index is 0.258. The second-order valence-electron chi connectivity index (χ2n) is 2.15. The highest BCUT2D eigenvalue weighted by molar-refractivity contribution is 7.96. The molecule has 0 spiro atoms. The molecule has 0 aliphatic rings. The van der Waals surface area contributed by atoms with E-state index < -0.39 is 0 Å². The van der Waals surface area contributed by atoms with Crippen molar-refractivity contribution in [1.82, 2.24) is 4.31 Å². The van der Waals surface area contributed by atoms with Crippen LogP contribution in [0.4, 0.5) is 4.79 Å². The van der Waals surface area contributed by atoms with E-state index in [1.165, 1.54) is 16.3 Å². The zero-order chi connectivity index (χ0) is 8.69. The number of ether oxygens (including phenoxy) is 1. The van der Waals surface area contributed by atoms with Crippen LogP contribution in [0.2, 0.25) is 0 Å². The standard InChI is InChI=1S/C7H15NO2S/c1-4-5-6-10-7(9)8(2)11-3/h4-6H2,1-3H3. The molecule has 11 heavy (non-hydrogen) atoms. The van der Waals surface area contributed by atoms with Crippen LogP contribution in [-0.2, 0) is 4.74 Å². The number of rotatable bonds is 4. The molecule has 4 heteroatoms. The number of nitrogens with zero attached hydrogens (tertiary/aromatic N) is 1. The molecule has 0 radical (unpaired) electrons. The van der Waals surface area contributed by atoms with E-state index >= 15 is 0 Å². The molecule has 0 N–H and O–H groups in total. The Morgan fingerprint density at radius 3 is 2.73 bits per heavy atom. The summed E-state index contributed by atoms with van der Waals surface area (Å²) in [6, 6.07) is 0. The molecule has 0 aliphatic heterocycles. The predicted molar refractivity (Wildman–Crippen MR) is 47.5 cm³/mol. The van der Waals surface area contributed by atoms with E-state index in [1.807, 2.05) is 6.26 Å². The quantitative estimate of drug-likeness (QED) is 0.486. The molecule has 0 heterocycles. The Morgan fingerprint density at radius 2 is 2.27 bits per heavy atom. The van der Waals surface area contributed by atoms with Crippen molar-refractivity contribution in [2.75, 3.05) is 19.9 Å². The van der Waals surface area contributed by atoms with Crippen LogP contribution in [0, 0.1) is 0 Å². The van der Waals surface area contributed by atoms with E-state index in [1.54, 1.807) is 7.05 Å². The molecule has 1 amide bonds. The van der Waals surface area contributed by atoms with Gasteiger partial charge in [-0.15, -0.1) is 0 Å². The smallest absolute Gasteiger partial charge is 0.419 e. The molecule has 0 bridgehead atoms. The van der Waals surface area contributed by atoms with Crippen LogP contribution in [0.5, 0.6) is 0 Å². The Labute approximate surface area is 72.2 Å². The fourth-order valence-corrected chi connectivity index (χ4v) is 0.671. The van der Waals surface area contributed by atoms with E-state index in [-0.39, 0.29) is 6.09 Å². The Kier molecular flexibility index (Phi) is 6.12. The summed E-state index contributed by atoms with van der Waals surface area (Å²) in [4.78, 5) is 10.9. The number of carbonyl (C=O) groups is 1. The molecule has 3 nitrogen and oxygen atoms in total. The third kappa shape index (κ3) is 4.95.